The van der Waals surface area contributed by atoms with Gasteiger partial charge in [-0.05, 0) is 31.7 Å². The Hall–Kier alpha value is -1.09. The number of halogens is 1. The molecule has 1 aromatic carbocycles. The van der Waals surface area contributed by atoms with Gasteiger partial charge >= 0.3 is 0 Å². The first-order valence-electron chi connectivity index (χ1n) is 4.19. The van der Waals surface area contributed by atoms with Gasteiger partial charge in [-0.25, -0.2) is 4.39 Å². The Balaban J connectivity index is 2.95. The van der Waals surface area contributed by atoms with E-state index in [2.05, 4.69) is 5.32 Å². The van der Waals surface area contributed by atoms with E-state index in [1.807, 2.05) is 20.0 Å². The van der Waals surface area contributed by atoms with Crippen LogP contribution in [0.5, 0.6) is 5.75 Å². The molecule has 0 aliphatic heterocycles. The molecular formula is C10H14FNO. The van der Waals surface area contributed by atoms with Crippen LogP contribution in [0.25, 0.3) is 0 Å². The van der Waals surface area contributed by atoms with Crippen LogP contribution in [0.3, 0.4) is 0 Å². The van der Waals surface area contributed by atoms with Crippen molar-refractivity contribution in [1.82, 2.24) is 5.32 Å². The molecule has 0 spiro atoms. The molecule has 1 aromatic rings. The van der Waals surface area contributed by atoms with Crippen molar-refractivity contribution in [3.05, 3.63) is 29.6 Å². The summed E-state index contributed by atoms with van der Waals surface area (Å²) in [6.45, 7) is 1.97. The number of hydrogen-bond acceptors (Lipinski definition) is 2. The van der Waals surface area contributed by atoms with Crippen molar-refractivity contribution >= 4 is 0 Å². The molecule has 0 aliphatic carbocycles. The average Bonchev–Trinajstić information content (AvgIpc) is 2.16. The summed E-state index contributed by atoms with van der Waals surface area (Å²) in [6.07, 6.45) is 0. The molecular weight excluding hydrogens is 169 g/mol. The highest BCUT2D eigenvalue weighted by Crippen LogP contribution is 2.21. The van der Waals surface area contributed by atoms with Crippen molar-refractivity contribution in [2.45, 2.75) is 13.0 Å². The van der Waals surface area contributed by atoms with Crippen molar-refractivity contribution in [2.75, 3.05) is 14.2 Å². The highest BCUT2D eigenvalue weighted by molar-refractivity contribution is 5.30. The second kappa shape index (κ2) is 4.23. The van der Waals surface area contributed by atoms with Crippen LogP contribution in [0.15, 0.2) is 18.2 Å². The number of rotatable bonds is 3. The van der Waals surface area contributed by atoms with E-state index in [-0.39, 0.29) is 17.6 Å². The number of benzene rings is 1. The number of ether oxygens (including phenoxy) is 1. The Labute approximate surface area is 77.7 Å². The van der Waals surface area contributed by atoms with Crippen LogP contribution in [0.2, 0.25) is 0 Å². The fraction of sp³-hybridized carbons (Fsp3) is 0.400. The van der Waals surface area contributed by atoms with E-state index in [4.69, 9.17) is 4.74 Å². The van der Waals surface area contributed by atoms with E-state index in [0.29, 0.717) is 0 Å². The molecule has 0 radical (unpaired) electrons. The zero-order valence-corrected chi connectivity index (χ0v) is 8.10. The summed E-state index contributed by atoms with van der Waals surface area (Å²) in [5.74, 6) is -0.0332. The molecule has 3 heteroatoms. The molecule has 0 heterocycles. The van der Waals surface area contributed by atoms with Gasteiger partial charge in [0.2, 0.25) is 0 Å². The molecule has 1 rings (SSSR count). The predicted molar refractivity (Wildman–Crippen MR) is 50.4 cm³/mol. The van der Waals surface area contributed by atoms with E-state index in [0.717, 1.165) is 5.56 Å². The maximum Gasteiger partial charge on any atom is 0.165 e. The zero-order chi connectivity index (χ0) is 9.84. The van der Waals surface area contributed by atoms with Crippen LogP contribution in [-0.4, -0.2) is 14.2 Å². The third-order valence-electron chi connectivity index (χ3n) is 2.11. The summed E-state index contributed by atoms with van der Waals surface area (Å²) >= 11 is 0. The number of methoxy groups -OCH3 is 1. The summed E-state index contributed by atoms with van der Waals surface area (Å²) in [5, 5.41) is 3.04. The molecule has 1 atom stereocenters. The fourth-order valence-corrected chi connectivity index (χ4v) is 1.12. The fourth-order valence-electron chi connectivity index (χ4n) is 1.12. The summed E-state index contributed by atoms with van der Waals surface area (Å²) in [4.78, 5) is 0. The quantitative estimate of drug-likeness (QED) is 0.775. The largest absolute Gasteiger partial charge is 0.494 e. The second-order valence-corrected chi connectivity index (χ2v) is 2.90. The van der Waals surface area contributed by atoms with Crippen molar-refractivity contribution in [2.24, 2.45) is 0 Å². The lowest BCUT2D eigenvalue weighted by molar-refractivity contribution is 0.385. The minimum atomic E-state index is -0.317. The SMILES string of the molecule is CN[C@H](C)c1ccc(OC)c(F)c1. The Morgan fingerprint density at radius 1 is 1.46 bits per heavy atom. The van der Waals surface area contributed by atoms with Gasteiger partial charge in [0.1, 0.15) is 0 Å². The summed E-state index contributed by atoms with van der Waals surface area (Å²) in [5.41, 5.74) is 0.917. The van der Waals surface area contributed by atoms with Crippen LogP contribution < -0.4 is 10.1 Å². The van der Waals surface area contributed by atoms with Gasteiger partial charge in [-0.2, -0.15) is 0 Å². The highest BCUT2D eigenvalue weighted by atomic mass is 19.1. The molecule has 0 saturated heterocycles. The smallest absolute Gasteiger partial charge is 0.165 e. The monoisotopic (exact) mass is 183 g/mol. The van der Waals surface area contributed by atoms with Gasteiger partial charge in [0.15, 0.2) is 11.6 Å². The van der Waals surface area contributed by atoms with E-state index < -0.39 is 0 Å². The molecule has 0 bridgehead atoms. The number of hydrogen-bond donors (Lipinski definition) is 1. The van der Waals surface area contributed by atoms with E-state index in [1.165, 1.54) is 13.2 Å². The Morgan fingerprint density at radius 3 is 2.62 bits per heavy atom. The molecule has 0 aromatic heterocycles. The van der Waals surface area contributed by atoms with E-state index in [1.54, 1.807) is 6.07 Å². The van der Waals surface area contributed by atoms with Crippen molar-refractivity contribution in [3.8, 4) is 5.75 Å². The molecule has 13 heavy (non-hydrogen) atoms. The molecule has 0 unspecified atom stereocenters. The molecule has 1 N–H and O–H groups in total. The lowest BCUT2D eigenvalue weighted by atomic mass is 10.1. The second-order valence-electron chi connectivity index (χ2n) is 2.90. The summed E-state index contributed by atoms with van der Waals surface area (Å²) in [7, 11) is 3.30. The Kier molecular flexibility index (Phi) is 3.25. The minimum absolute atomic E-state index is 0.153. The number of nitrogens with one attached hydrogen (secondary N) is 1. The molecule has 0 saturated carbocycles. The van der Waals surface area contributed by atoms with Gasteiger partial charge in [-0.15, -0.1) is 0 Å². The lowest BCUT2D eigenvalue weighted by Gasteiger charge is -2.11. The lowest BCUT2D eigenvalue weighted by Crippen LogP contribution is -2.12. The van der Waals surface area contributed by atoms with Gasteiger partial charge < -0.3 is 10.1 Å². The van der Waals surface area contributed by atoms with Gasteiger partial charge in [-0.3, -0.25) is 0 Å². The van der Waals surface area contributed by atoms with Crippen LogP contribution in [0.1, 0.15) is 18.5 Å². The van der Waals surface area contributed by atoms with Crippen molar-refractivity contribution < 1.29 is 9.13 Å². The van der Waals surface area contributed by atoms with Crippen LogP contribution in [0, 0.1) is 5.82 Å². The van der Waals surface area contributed by atoms with Gasteiger partial charge in [0.05, 0.1) is 7.11 Å². The van der Waals surface area contributed by atoms with Crippen molar-refractivity contribution in [1.29, 1.82) is 0 Å². The standard InChI is InChI=1S/C10H14FNO/c1-7(12-2)8-4-5-10(13-3)9(11)6-8/h4-7,12H,1-3H3/t7-/m1/s1. The molecule has 2 nitrogen and oxygen atoms in total. The maximum atomic E-state index is 13.2. The summed E-state index contributed by atoms with van der Waals surface area (Å²) in [6, 6.07) is 5.13. The van der Waals surface area contributed by atoms with E-state index in [9.17, 15) is 4.39 Å². The van der Waals surface area contributed by atoms with Crippen LogP contribution in [0.4, 0.5) is 4.39 Å². The van der Waals surface area contributed by atoms with Crippen LogP contribution >= 0.6 is 0 Å². The topological polar surface area (TPSA) is 21.3 Å². The normalized spacial score (nSPS) is 12.6. The molecule has 0 amide bonds. The Morgan fingerprint density at radius 2 is 2.15 bits per heavy atom. The molecule has 72 valence electrons. The van der Waals surface area contributed by atoms with Gasteiger partial charge in [0.25, 0.3) is 0 Å². The minimum Gasteiger partial charge on any atom is -0.494 e. The van der Waals surface area contributed by atoms with Crippen LogP contribution in [-0.2, 0) is 0 Å². The highest BCUT2D eigenvalue weighted by Gasteiger charge is 2.07. The zero-order valence-electron chi connectivity index (χ0n) is 8.10. The first-order valence-corrected chi connectivity index (χ1v) is 4.19. The predicted octanol–water partition coefficient (Wildman–Crippen LogP) is 2.11. The molecule has 0 fully saturated rings. The third kappa shape index (κ3) is 2.18. The summed E-state index contributed by atoms with van der Waals surface area (Å²) < 4.78 is 18.0. The maximum absolute atomic E-state index is 13.2. The third-order valence-corrected chi connectivity index (χ3v) is 2.11. The first kappa shape index (κ1) is 9.99. The Bertz CT molecular complexity index is 288. The average molecular weight is 183 g/mol. The van der Waals surface area contributed by atoms with E-state index >= 15 is 0 Å². The first-order chi connectivity index (χ1) is 6.19. The van der Waals surface area contributed by atoms with Crippen molar-refractivity contribution in [3.63, 3.8) is 0 Å². The van der Waals surface area contributed by atoms with Gasteiger partial charge in [0, 0.05) is 6.04 Å². The molecule has 0 aliphatic rings. The van der Waals surface area contributed by atoms with Gasteiger partial charge in [-0.1, -0.05) is 6.07 Å².